The maximum Gasteiger partial charge on any atom is 0.184 e. The van der Waals surface area contributed by atoms with Gasteiger partial charge in [0.1, 0.15) is 0 Å². The van der Waals surface area contributed by atoms with Crippen molar-refractivity contribution in [2.75, 3.05) is 54.5 Å². The monoisotopic (exact) mass is 566 g/mol. The van der Waals surface area contributed by atoms with E-state index in [-0.39, 0.29) is 19.0 Å². The zero-order valence-corrected chi connectivity index (χ0v) is 25.1. The van der Waals surface area contributed by atoms with Crippen LogP contribution in [0.2, 0.25) is 0 Å². The fraction of sp³-hybridized carbons (Fsp3) is 0.314. The number of nitrogens with zero attached hydrogens (tertiary/aromatic N) is 3. The van der Waals surface area contributed by atoms with Crippen LogP contribution in [-0.2, 0) is 11.2 Å². The molecule has 4 rings (SSSR count). The summed E-state index contributed by atoms with van der Waals surface area (Å²) in [5.41, 5.74) is 9.03. The normalized spacial score (nSPS) is 14.0. The van der Waals surface area contributed by atoms with Crippen LogP contribution in [0.5, 0.6) is 0 Å². The number of ketones is 1. The van der Waals surface area contributed by atoms with Gasteiger partial charge in [-0.05, 0) is 92.9 Å². The van der Waals surface area contributed by atoms with Crippen molar-refractivity contribution < 1.29 is 15.0 Å². The van der Waals surface area contributed by atoms with Crippen LogP contribution in [0.3, 0.4) is 0 Å². The van der Waals surface area contributed by atoms with Crippen LogP contribution in [0.25, 0.3) is 0 Å². The van der Waals surface area contributed by atoms with E-state index in [1.807, 2.05) is 55.5 Å². The van der Waals surface area contributed by atoms with Gasteiger partial charge in [0.25, 0.3) is 0 Å². The summed E-state index contributed by atoms with van der Waals surface area (Å²) < 4.78 is 0. The standard InChI is InChI=1S/C35H42N4O3/c1-5-38(16-18-40)30-13-12-27(25(3)20-30)22-28-23-33(34(24-35(28)42)36-29-10-8-7-9-11-29)37-32-15-14-31(21-26(32)4)39(6-2)17-19-41/h7-15,20-21,23-24,36,40-41H,5-6,16-19,22H2,1-4H3. The number of anilines is 3. The molecule has 0 aliphatic heterocycles. The lowest BCUT2D eigenvalue weighted by atomic mass is 9.92. The number of nitrogens with one attached hydrogen (secondary N) is 1. The van der Waals surface area contributed by atoms with Crippen LogP contribution in [-0.4, -0.2) is 61.1 Å². The summed E-state index contributed by atoms with van der Waals surface area (Å²) in [5.74, 6) is -0.0408. The Morgan fingerprint density at radius 3 is 1.98 bits per heavy atom. The van der Waals surface area contributed by atoms with Crippen LogP contribution < -0.4 is 15.1 Å². The lowest BCUT2D eigenvalue weighted by molar-refractivity contribution is -0.111. The molecule has 220 valence electrons. The van der Waals surface area contributed by atoms with Gasteiger partial charge in [0.15, 0.2) is 5.78 Å². The van der Waals surface area contributed by atoms with Crippen molar-refractivity contribution in [2.24, 2.45) is 4.99 Å². The molecular weight excluding hydrogens is 524 g/mol. The van der Waals surface area contributed by atoms with E-state index >= 15 is 0 Å². The van der Waals surface area contributed by atoms with E-state index < -0.39 is 0 Å². The Balaban J connectivity index is 1.68. The van der Waals surface area contributed by atoms with Gasteiger partial charge in [0, 0.05) is 61.3 Å². The molecule has 3 aromatic rings. The fourth-order valence-corrected chi connectivity index (χ4v) is 5.17. The van der Waals surface area contributed by atoms with Crippen molar-refractivity contribution in [3.05, 3.63) is 107 Å². The molecule has 3 aromatic carbocycles. The molecule has 0 saturated carbocycles. The molecule has 7 heteroatoms. The number of hydrogen-bond donors (Lipinski definition) is 3. The van der Waals surface area contributed by atoms with E-state index in [1.54, 1.807) is 6.08 Å². The first-order valence-corrected chi connectivity index (χ1v) is 14.7. The van der Waals surface area contributed by atoms with Gasteiger partial charge in [0.2, 0.25) is 0 Å². The first-order valence-electron chi connectivity index (χ1n) is 14.7. The zero-order chi connectivity index (χ0) is 30.1. The van der Waals surface area contributed by atoms with E-state index in [0.717, 1.165) is 52.5 Å². The highest BCUT2D eigenvalue weighted by Gasteiger charge is 2.21. The Labute approximate surface area is 249 Å². The summed E-state index contributed by atoms with van der Waals surface area (Å²) >= 11 is 0. The second-order valence-corrected chi connectivity index (χ2v) is 10.4. The van der Waals surface area contributed by atoms with Crippen molar-refractivity contribution >= 4 is 34.2 Å². The van der Waals surface area contributed by atoms with Crippen LogP contribution in [0, 0.1) is 13.8 Å². The molecule has 0 heterocycles. The molecule has 42 heavy (non-hydrogen) atoms. The molecule has 0 saturated heterocycles. The summed E-state index contributed by atoms with van der Waals surface area (Å²) in [6.07, 6.45) is 4.05. The van der Waals surface area contributed by atoms with Crippen molar-refractivity contribution in [1.29, 1.82) is 0 Å². The predicted molar refractivity (Wildman–Crippen MR) is 174 cm³/mol. The second-order valence-electron chi connectivity index (χ2n) is 10.4. The Bertz CT molecular complexity index is 1480. The first-order chi connectivity index (χ1) is 20.4. The highest BCUT2D eigenvalue weighted by molar-refractivity contribution is 6.23. The van der Waals surface area contributed by atoms with E-state index in [2.05, 4.69) is 60.2 Å². The lowest BCUT2D eigenvalue weighted by Gasteiger charge is -2.23. The Morgan fingerprint density at radius 2 is 1.40 bits per heavy atom. The number of rotatable bonds is 13. The van der Waals surface area contributed by atoms with Crippen LogP contribution in [0.4, 0.5) is 22.7 Å². The fourth-order valence-electron chi connectivity index (χ4n) is 5.17. The molecular formula is C35H42N4O3. The third-order valence-electron chi connectivity index (χ3n) is 7.59. The first kappa shape index (κ1) is 30.8. The maximum absolute atomic E-state index is 13.4. The molecule has 3 N–H and O–H groups in total. The quantitative estimate of drug-likeness (QED) is 0.228. The van der Waals surface area contributed by atoms with Crippen molar-refractivity contribution in [2.45, 2.75) is 34.1 Å². The zero-order valence-electron chi connectivity index (χ0n) is 25.1. The number of aliphatic hydroxyl groups is 2. The van der Waals surface area contributed by atoms with E-state index in [1.165, 1.54) is 0 Å². The Hall–Kier alpha value is -4.20. The van der Waals surface area contributed by atoms with Gasteiger partial charge in [0.05, 0.1) is 30.3 Å². The summed E-state index contributed by atoms with van der Waals surface area (Å²) in [5, 5.41) is 22.2. The summed E-state index contributed by atoms with van der Waals surface area (Å²) in [6, 6.07) is 22.2. The van der Waals surface area contributed by atoms with Gasteiger partial charge < -0.3 is 25.3 Å². The van der Waals surface area contributed by atoms with Gasteiger partial charge in [-0.1, -0.05) is 24.3 Å². The molecule has 7 nitrogen and oxygen atoms in total. The summed E-state index contributed by atoms with van der Waals surface area (Å²) in [6.45, 7) is 11.2. The van der Waals surface area contributed by atoms with Gasteiger partial charge in [-0.25, -0.2) is 4.99 Å². The van der Waals surface area contributed by atoms with Gasteiger partial charge in [-0.15, -0.1) is 0 Å². The Kier molecular flexibility index (Phi) is 10.7. The number of carbonyl (C=O) groups excluding carboxylic acids is 1. The largest absolute Gasteiger partial charge is 0.395 e. The summed E-state index contributed by atoms with van der Waals surface area (Å²) in [4.78, 5) is 22.7. The van der Waals surface area contributed by atoms with Crippen LogP contribution in [0.1, 0.15) is 30.5 Å². The third-order valence-corrected chi connectivity index (χ3v) is 7.59. The number of aliphatic hydroxyl groups excluding tert-OH is 2. The second kappa shape index (κ2) is 14.6. The van der Waals surface area contributed by atoms with Crippen molar-refractivity contribution in [3.63, 3.8) is 0 Å². The van der Waals surface area contributed by atoms with Gasteiger partial charge in [-0.2, -0.15) is 0 Å². The molecule has 0 radical (unpaired) electrons. The minimum absolute atomic E-state index is 0.0408. The molecule has 0 bridgehead atoms. The topological polar surface area (TPSA) is 88.4 Å². The van der Waals surface area contributed by atoms with Crippen LogP contribution >= 0.6 is 0 Å². The number of aliphatic imine (C=N–C) groups is 1. The highest BCUT2D eigenvalue weighted by atomic mass is 16.3. The molecule has 0 amide bonds. The van der Waals surface area contributed by atoms with E-state index in [9.17, 15) is 15.0 Å². The smallest absolute Gasteiger partial charge is 0.184 e. The maximum atomic E-state index is 13.4. The lowest BCUT2D eigenvalue weighted by Crippen LogP contribution is -2.26. The molecule has 1 aliphatic carbocycles. The van der Waals surface area contributed by atoms with Gasteiger partial charge in [-0.3, -0.25) is 4.79 Å². The molecule has 1 aliphatic rings. The molecule has 0 spiro atoms. The van der Waals surface area contributed by atoms with Gasteiger partial charge >= 0.3 is 0 Å². The third kappa shape index (κ3) is 7.55. The number of para-hydroxylation sites is 1. The number of allylic oxidation sites excluding steroid dienone is 3. The molecule has 0 atom stereocenters. The molecule has 0 unspecified atom stereocenters. The predicted octanol–water partition coefficient (Wildman–Crippen LogP) is 5.76. The van der Waals surface area contributed by atoms with Crippen molar-refractivity contribution in [1.82, 2.24) is 0 Å². The number of likely N-dealkylation sites (N-methyl/N-ethyl adjacent to an activating group) is 2. The molecule has 0 fully saturated rings. The average molecular weight is 567 g/mol. The van der Waals surface area contributed by atoms with E-state index in [0.29, 0.717) is 36.5 Å². The number of aryl methyl sites for hydroxylation is 2. The molecule has 0 aromatic heterocycles. The average Bonchev–Trinajstić information content (AvgIpc) is 2.99. The number of hydrogen-bond acceptors (Lipinski definition) is 7. The number of benzene rings is 3. The van der Waals surface area contributed by atoms with Crippen molar-refractivity contribution in [3.8, 4) is 0 Å². The number of carbonyl (C=O) groups is 1. The SMILES string of the molecule is CCN(CCO)c1ccc(CC2=CC(=Nc3ccc(N(CC)CCO)cc3C)C(Nc3ccccc3)=CC2=O)c(C)c1. The Morgan fingerprint density at radius 1 is 0.786 bits per heavy atom. The minimum Gasteiger partial charge on any atom is -0.395 e. The van der Waals surface area contributed by atoms with Crippen LogP contribution in [0.15, 0.2) is 95.1 Å². The van der Waals surface area contributed by atoms with E-state index in [4.69, 9.17) is 4.99 Å². The highest BCUT2D eigenvalue weighted by Crippen LogP contribution is 2.29. The summed E-state index contributed by atoms with van der Waals surface area (Å²) in [7, 11) is 0. The minimum atomic E-state index is -0.0408.